The number of carbonyl (C=O) groups is 4. The molecule has 4 heterocycles. The molecule has 16 nitrogen and oxygen atoms in total. The minimum Gasteiger partial charge on any atom is -0.387 e. The Hall–Kier alpha value is -3.58. The highest BCUT2D eigenvalue weighted by molar-refractivity contribution is 6.07. The number of anilines is 1. The SMILES string of the molecule is CCCCc1ccc(NC(=O)C2=CCN(C)[C@@H]([C@H](O[C@@H]3O[C@H](CN)[C@@H](O)[C@H]3O)[C@H]3O[C@@H](N4C=CC(=O)CC4=O)[C@H](O)[C@@H]3O)C(=O)N2C)cc1. The van der Waals surface area contributed by atoms with Crippen LogP contribution in [-0.2, 0) is 39.8 Å². The Balaban J connectivity index is 1.41. The zero-order valence-electron chi connectivity index (χ0n) is 27.6. The molecule has 268 valence electrons. The highest BCUT2D eigenvalue weighted by Gasteiger charge is 2.56. The topological polar surface area (TPSA) is 225 Å². The zero-order valence-corrected chi connectivity index (χ0v) is 27.6. The molecule has 5 rings (SSSR count). The summed E-state index contributed by atoms with van der Waals surface area (Å²) in [6, 6.07) is 6.11. The maximum atomic E-state index is 14.3. The standard InChI is InChI=1S/C33H45N5O11/c1-4-5-6-17-7-9-18(10-8-17)35-30(45)20-12-13-36(2)23(31(46)37(20)3)28(49-33-27(44)24(41)21(16-34)47-33)29-25(42)26(43)32(48-29)38-14-11-19(39)15-22(38)40/h7-12,14,21,23-29,32-33,41-44H,4-6,13,15-16,34H2,1-3H3,(H,35,45)/t21-,23+,24-,25+,26-,27-,28+,29+,32-,33+/m1/s1. The van der Waals surface area contributed by atoms with Crippen LogP contribution in [0.3, 0.4) is 0 Å². The minimum atomic E-state index is -1.74. The van der Waals surface area contributed by atoms with Crippen LogP contribution in [0.15, 0.2) is 48.3 Å². The van der Waals surface area contributed by atoms with Gasteiger partial charge < -0.3 is 50.6 Å². The summed E-state index contributed by atoms with van der Waals surface area (Å²) in [7, 11) is 2.97. The smallest absolute Gasteiger partial charge is 0.272 e. The van der Waals surface area contributed by atoms with Crippen LogP contribution in [0.5, 0.6) is 0 Å². The molecule has 3 amide bonds. The van der Waals surface area contributed by atoms with Crippen LogP contribution < -0.4 is 11.1 Å². The predicted octanol–water partition coefficient (Wildman–Crippen LogP) is -1.82. The lowest BCUT2D eigenvalue weighted by Crippen LogP contribution is -2.59. The number of hydrogen-bond acceptors (Lipinski definition) is 13. The number of carbonyl (C=O) groups excluding carboxylic acids is 4. The molecule has 1 aromatic rings. The third kappa shape index (κ3) is 7.62. The van der Waals surface area contributed by atoms with Crippen molar-refractivity contribution in [3.05, 3.63) is 53.9 Å². The Morgan fingerprint density at radius 3 is 2.39 bits per heavy atom. The van der Waals surface area contributed by atoms with E-state index < -0.39 is 91.2 Å². The minimum absolute atomic E-state index is 0.0310. The number of aryl methyl sites for hydroxylation is 1. The lowest BCUT2D eigenvalue weighted by Gasteiger charge is -2.38. The molecule has 0 aliphatic carbocycles. The summed E-state index contributed by atoms with van der Waals surface area (Å²) < 4.78 is 17.8. The number of hydrogen-bond donors (Lipinski definition) is 6. The summed E-state index contributed by atoms with van der Waals surface area (Å²) in [5.74, 6) is -2.34. The van der Waals surface area contributed by atoms with E-state index in [0.29, 0.717) is 5.69 Å². The van der Waals surface area contributed by atoms with E-state index >= 15 is 0 Å². The molecule has 49 heavy (non-hydrogen) atoms. The lowest BCUT2D eigenvalue weighted by atomic mass is 9.97. The van der Waals surface area contributed by atoms with Crippen molar-refractivity contribution in [2.75, 3.05) is 32.5 Å². The van der Waals surface area contributed by atoms with E-state index in [2.05, 4.69) is 12.2 Å². The first-order valence-corrected chi connectivity index (χ1v) is 16.3. The number of nitrogens with one attached hydrogen (secondary N) is 1. The van der Waals surface area contributed by atoms with Gasteiger partial charge in [0.25, 0.3) is 5.91 Å². The number of likely N-dealkylation sites (N-methyl/N-ethyl adjacent to an activating group) is 2. The average molecular weight is 688 g/mol. The molecule has 4 aliphatic rings. The molecule has 0 unspecified atom stereocenters. The fourth-order valence-electron chi connectivity index (χ4n) is 6.42. The number of nitrogens with zero attached hydrogens (tertiary/aromatic N) is 3. The van der Waals surface area contributed by atoms with Crippen molar-refractivity contribution < 1.29 is 53.8 Å². The van der Waals surface area contributed by atoms with Crippen molar-refractivity contribution in [1.82, 2.24) is 14.7 Å². The van der Waals surface area contributed by atoms with Crippen molar-refractivity contribution >= 4 is 29.2 Å². The summed E-state index contributed by atoms with van der Waals surface area (Å²) in [5, 5.41) is 46.4. The predicted molar refractivity (Wildman–Crippen MR) is 172 cm³/mol. The molecule has 0 saturated carbocycles. The fraction of sp³-hybridized carbons (Fsp3) is 0.576. The third-order valence-corrected chi connectivity index (χ3v) is 9.32. The van der Waals surface area contributed by atoms with Crippen LogP contribution in [0.2, 0.25) is 0 Å². The molecule has 1 aromatic carbocycles. The number of rotatable bonds is 11. The Kier molecular flexibility index (Phi) is 11.6. The number of nitrogens with two attached hydrogens (primary N) is 1. The van der Waals surface area contributed by atoms with Crippen molar-refractivity contribution in [1.29, 1.82) is 0 Å². The Labute approximate surface area is 283 Å². The van der Waals surface area contributed by atoms with Gasteiger partial charge in [-0.2, -0.15) is 0 Å². The van der Waals surface area contributed by atoms with E-state index in [-0.39, 0.29) is 18.8 Å². The normalized spacial score (nSPS) is 33.2. The lowest BCUT2D eigenvalue weighted by molar-refractivity contribution is -0.233. The van der Waals surface area contributed by atoms with E-state index in [1.54, 1.807) is 25.3 Å². The van der Waals surface area contributed by atoms with Crippen molar-refractivity contribution in [2.24, 2.45) is 5.73 Å². The van der Waals surface area contributed by atoms with Crippen molar-refractivity contribution in [3.63, 3.8) is 0 Å². The van der Waals surface area contributed by atoms with E-state index in [0.717, 1.165) is 46.9 Å². The largest absolute Gasteiger partial charge is 0.387 e. The quantitative estimate of drug-likeness (QED) is 0.141. The molecule has 7 N–H and O–H groups in total. The molecule has 0 bridgehead atoms. The first kappa shape index (κ1) is 36.7. The van der Waals surface area contributed by atoms with Crippen LogP contribution in [-0.4, -0.2) is 147 Å². The first-order valence-electron chi connectivity index (χ1n) is 16.3. The second kappa shape index (κ2) is 15.5. The highest BCUT2D eigenvalue weighted by atomic mass is 16.7. The molecule has 0 radical (unpaired) electrons. The number of unbranched alkanes of at least 4 members (excludes halogenated alkanes) is 1. The van der Waals surface area contributed by atoms with Gasteiger partial charge in [0.15, 0.2) is 18.3 Å². The summed E-state index contributed by atoms with van der Waals surface area (Å²) in [6.07, 6.45) is -7.16. The highest BCUT2D eigenvalue weighted by Crippen LogP contribution is 2.35. The number of ketones is 1. The molecule has 2 saturated heterocycles. The van der Waals surface area contributed by atoms with Gasteiger partial charge >= 0.3 is 0 Å². The molecule has 0 spiro atoms. The number of amides is 3. The van der Waals surface area contributed by atoms with E-state index in [1.807, 2.05) is 12.1 Å². The van der Waals surface area contributed by atoms with Crippen LogP contribution in [0.4, 0.5) is 5.69 Å². The van der Waals surface area contributed by atoms with E-state index in [4.69, 9.17) is 19.9 Å². The van der Waals surface area contributed by atoms with Gasteiger partial charge in [0.1, 0.15) is 54.5 Å². The van der Waals surface area contributed by atoms with Gasteiger partial charge in [0.05, 0.1) is 6.42 Å². The van der Waals surface area contributed by atoms with Gasteiger partial charge in [0.2, 0.25) is 11.8 Å². The van der Waals surface area contributed by atoms with Crippen LogP contribution in [0, 0.1) is 0 Å². The third-order valence-electron chi connectivity index (χ3n) is 9.32. The van der Waals surface area contributed by atoms with Crippen LogP contribution in [0.1, 0.15) is 31.7 Å². The first-order chi connectivity index (χ1) is 23.4. The molecule has 4 aliphatic heterocycles. The van der Waals surface area contributed by atoms with Gasteiger partial charge in [0, 0.05) is 32.0 Å². The van der Waals surface area contributed by atoms with Gasteiger partial charge in [-0.15, -0.1) is 0 Å². The van der Waals surface area contributed by atoms with E-state index in [9.17, 15) is 39.6 Å². The van der Waals surface area contributed by atoms with Gasteiger partial charge in [-0.05, 0) is 49.7 Å². The summed E-state index contributed by atoms with van der Waals surface area (Å²) >= 11 is 0. The monoisotopic (exact) mass is 687 g/mol. The van der Waals surface area contributed by atoms with Crippen molar-refractivity contribution in [2.45, 2.75) is 93.9 Å². The van der Waals surface area contributed by atoms with Gasteiger partial charge in [-0.25, -0.2) is 0 Å². The zero-order chi connectivity index (χ0) is 35.6. The summed E-state index contributed by atoms with van der Waals surface area (Å²) in [5.41, 5.74) is 7.39. The molecular formula is C33H45N5O11. The van der Waals surface area contributed by atoms with Gasteiger partial charge in [-0.1, -0.05) is 25.5 Å². The molecule has 2 fully saturated rings. The van der Waals surface area contributed by atoms with Gasteiger partial charge in [-0.3, -0.25) is 29.0 Å². The van der Waals surface area contributed by atoms with Crippen LogP contribution >= 0.6 is 0 Å². The molecule has 0 aromatic heterocycles. The number of allylic oxidation sites excluding steroid dienone is 1. The van der Waals surface area contributed by atoms with E-state index in [1.165, 1.54) is 11.9 Å². The molecular weight excluding hydrogens is 642 g/mol. The molecule has 10 atom stereocenters. The number of benzene rings is 1. The summed E-state index contributed by atoms with van der Waals surface area (Å²) in [4.78, 5) is 55.8. The maximum absolute atomic E-state index is 14.3. The van der Waals surface area contributed by atoms with Crippen LogP contribution in [0.25, 0.3) is 0 Å². The Morgan fingerprint density at radius 1 is 1.04 bits per heavy atom. The second-order valence-corrected chi connectivity index (χ2v) is 12.7. The second-order valence-electron chi connectivity index (χ2n) is 12.7. The Bertz CT molecular complexity index is 1450. The molecule has 16 heteroatoms. The number of aliphatic hydroxyl groups excluding tert-OH is 4. The number of aliphatic hydroxyl groups is 4. The maximum Gasteiger partial charge on any atom is 0.272 e. The average Bonchev–Trinajstić information content (AvgIpc) is 3.48. The van der Waals surface area contributed by atoms with Crippen molar-refractivity contribution in [3.8, 4) is 0 Å². The Morgan fingerprint density at radius 2 is 1.76 bits per heavy atom. The summed E-state index contributed by atoms with van der Waals surface area (Å²) in [6.45, 7) is 1.98. The number of ether oxygens (including phenoxy) is 3. The fourth-order valence-corrected chi connectivity index (χ4v) is 6.42.